The largest absolute Gasteiger partial charge is 0.325 e. The molecule has 0 fully saturated rings. The van der Waals surface area contributed by atoms with Crippen LogP contribution in [0.5, 0.6) is 0 Å². The summed E-state index contributed by atoms with van der Waals surface area (Å²) in [5.74, 6) is 0.427. The quantitative estimate of drug-likeness (QED) is 0.166. The lowest BCUT2D eigenvalue weighted by Gasteiger charge is -2.24. The summed E-state index contributed by atoms with van der Waals surface area (Å²) in [6.45, 7) is 5.17. The van der Waals surface area contributed by atoms with E-state index in [0.29, 0.717) is 44.7 Å². The number of hydrogen-bond acceptors (Lipinski definition) is 7. The van der Waals surface area contributed by atoms with Crippen LogP contribution < -0.4 is 19.9 Å². The van der Waals surface area contributed by atoms with E-state index in [1.54, 1.807) is 35.4 Å². The summed E-state index contributed by atoms with van der Waals surface area (Å²) in [5.41, 5.74) is 5.94. The molecule has 1 aliphatic rings. The second-order valence-electron chi connectivity index (χ2n) is 9.56. The molecule has 1 aromatic heterocycles. The van der Waals surface area contributed by atoms with Crippen molar-refractivity contribution >= 4 is 95.1 Å². The Morgan fingerprint density at radius 1 is 0.860 bits per heavy atom. The van der Waals surface area contributed by atoms with Gasteiger partial charge in [0.1, 0.15) is 5.82 Å². The van der Waals surface area contributed by atoms with Crippen LogP contribution in [0.25, 0.3) is 17.1 Å². The van der Waals surface area contributed by atoms with Crippen molar-refractivity contribution in [2.75, 3.05) is 34.5 Å². The number of nitrogens with one attached hydrogen (secondary N) is 1. The maximum Gasteiger partial charge on any atom is 0.282 e. The summed E-state index contributed by atoms with van der Waals surface area (Å²) in [6.07, 6.45) is 5.61. The van der Waals surface area contributed by atoms with Crippen LogP contribution >= 0.6 is 46.4 Å². The number of imidazole rings is 1. The Morgan fingerprint density at radius 3 is 2.07 bits per heavy atom. The minimum atomic E-state index is -4.21. The summed E-state index contributed by atoms with van der Waals surface area (Å²) < 4.78 is 68.0. The smallest absolute Gasteiger partial charge is 0.282 e. The molecule has 17 heteroatoms. The van der Waals surface area contributed by atoms with E-state index >= 15 is 0 Å². The van der Waals surface area contributed by atoms with E-state index < -0.39 is 31.7 Å². The summed E-state index contributed by atoms with van der Waals surface area (Å²) in [5, 5.41) is 3.05. The van der Waals surface area contributed by atoms with Gasteiger partial charge in [-0.3, -0.25) is 14.1 Å². The SMILES string of the molecule is CCN1C(=CC=Cc2n(CC)c3cc(Cl)c(Cl)cc3[n+]2CCCS(=O)(=O)O)N(NCCS(=O)(=O)O)c2cc(Cl)c(Cl)cc21. The van der Waals surface area contributed by atoms with Crippen LogP contribution in [0.3, 0.4) is 0 Å². The molecule has 0 unspecified atom stereocenters. The Morgan fingerprint density at radius 2 is 1.47 bits per heavy atom. The maximum atomic E-state index is 11.4. The molecule has 11 nitrogen and oxygen atoms in total. The van der Waals surface area contributed by atoms with E-state index in [-0.39, 0.29) is 19.5 Å². The maximum absolute atomic E-state index is 11.4. The van der Waals surface area contributed by atoms with Crippen molar-refractivity contribution < 1.29 is 30.5 Å². The molecule has 0 bridgehead atoms. The fourth-order valence-electron chi connectivity index (χ4n) is 4.96. The van der Waals surface area contributed by atoms with Gasteiger partial charge in [0.05, 0.1) is 56.1 Å². The molecule has 3 N–H and O–H groups in total. The molecule has 234 valence electrons. The number of nitrogens with zero attached hydrogens (tertiary/aromatic N) is 4. The zero-order valence-electron chi connectivity index (χ0n) is 23.1. The molecule has 3 aromatic rings. The highest BCUT2D eigenvalue weighted by atomic mass is 35.5. The van der Waals surface area contributed by atoms with Gasteiger partial charge in [-0.05, 0) is 32.1 Å². The molecule has 1 aliphatic heterocycles. The molecule has 0 aliphatic carbocycles. The van der Waals surface area contributed by atoms with E-state index in [9.17, 15) is 25.9 Å². The first kappa shape index (κ1) is 33.8. The first-order valence-corrected chi connectivity index (χ1v) is 17.9. The highest BCUT2D eigenvalue weighted by Gasteiger charge is 2.32. The van der Waals surface area contributed by atoms with Gasteiger partial charge >= 0.3 is 0 Å². The number of aromatic nitrogens is 2. The standard InChI is InChI=1S/C26H29Cl4N5O6S2/c1-3-32-21-13-17(27)18(28)14-22(21)34(10-6-11-42(36,37)38)25(32)7-5-8-26-33(4-2)23-15-19(29)20(30)16-24(23)35(26)31-9-12-43(39,40)41/h5,7-8,13-16,31H,3-4,6,9-12H2,1-2H3,(H-,36,37,38,39,40,41)/p+1. The molecular weight excluding hydrogens is 684 g/mol. The van der Waals surface area contributed by atoms with Crippen molar-refractivity contribution in [2.24, 2.45) is 0 Å². The molecule has 2 heterocycles. The van der Waals surface area contributed by atoms with Gasteiger partial charge in [0, 0.05) is 37.7 Å². The lowest BCUT2D eigenvalue weighted by atomic mass is 10.2. The van der Waals surface area contributed by atoms with Crippen LogP contribution in [-0.4, -0.2) is 55.1 Å². The molecule has 0 radical (unpaired) electrons. The Balaban J connectivity index is 1.80. The van der Waals surface area contributed by atoms with E-state index in [0.717, 1.165) is 22.5 Å². The monoisotopic (exact) mass is 712 g/mol. The summed E-state index contributed by atoms with van der Waals surface area (Å²) in [6, 6.07) is 6.85. The van der Waals surface area contributed by atoms with E-state index in [2.05, 4.69) is 5.43 Å². The highest BCUT2D eigenvalue weighted by molar-refractivity contribution is 7.86. The van der Waals surface area contributed by atoms with Crippen molar-refractivity contribution in [1.82, 2.24) is 9.99 Å². The lowest BCUT2D eigenvalue weighted by molar-refractivity contribution is -0.673. The lowest BCUT2D eigenvalue weighted by Crippen LogP contribution is -2.41. The summed E-state index contributed by atoms with van der Waals surface area (Å²) in [4.78, 5) is 1.96. The number of anilines is 2. The molecule has 2 aromatic carbocycles. The number of allylic oxidation sites excluding steroid dienone is 2. The van der Waals surface area contributed by atoms with Gasteiger partial charge in [-0.25, -0.2) is 14.6 Å². The Kier molecular flexibility index (Phi) is 10.6. The summed E-state index contributed by atoms with van der Waals surface area (Å²) >= 11 is 25.3. The van der Waals surface area contributed by atoms with E-state index in [1.807, 2.05) is 40.0 Å². The fourth-order valence-corrected chi connectivity index (χ4v) is 6.44. The third kappa shape index (κ3) is 7.78. The zero-order valence-corrected chi connectivity index (χ0v) is 27.8. The predicted octanol–water partition coefficient (Wildman–Crippen LogP) is 5.43. The number of benzene rings is 2. The molecule has 4 rings (SSSR count). The molecule has 43 heavy (non-hydrogen) atoms. The normalized spacial score (nSPS) is 15.0. The fraction of sp³-hybridized carbons (Fsp3) is 0.346. The van der Waals surface area contributed by atoms with Gasteiger partial charge in [-0.1, -0.05) is 52.5 Å². The van der Waals surface area contributed by atoms with Gasteiger partial charge in [0.25, 0.3) is 26.1 Å². The minimum Gasteiger partial charge on any atom is -0.325 e. The van der Waals surface area contributed by atoms with Crippen molar-refractivity contribution in [3.8, 4) is 0 Å². The number of fused-ring (bicyclic) bond motifs is 2. The first-order chi connectivity index (χ1) is 20.1. The zero-order chi connectivity index (χ0) is 31.7. The van der Waals surface area contributed by atoms with Gasteiger partial charge in [0.2, 0.25) is 0 Å². The Hall–Kier alpha value is -2.07. The van der Waals surface area contributed by atoms with E-state index in [4.69, 9.17) is 46.4 Å². The number of halogens is 4. The van der Waals surface area contributed by atoms with Crippen molar-refractivity contribution in [1.29, 1.82) is 0 Å². The second-order valence-corrected chi connectivity index (χ2v) is 14.3. The van der Waals surface area contributed by atoms with Crippen molar-refractivity contribution in [3.05, 3.63) is 68.2 Å². The summed E-state index contributed by atoms with van der Waals surface area (Å²) in [7, 11) is -8.36. The second kappa shape index (κ2) is 13.5. The van der Waals surface area contributed by atoms with Gasteiger partial charge in [0.15, 0.2) is 11.0 Å². The average molecular weight is 715 g/mol. The van der Waals surface area contributed by atoms with Gasteiger partial charge in [-0.15, -0.1) is 0 Å². The third-order valence-electron chi connectivity index (χ3n) is 6.74. The number of hydrogen-bond donors (Lipinski definition) is 3. The van der Waals surface area contributed by atoms with Crippen molar-refractivity contribution in [3.63, 3.8) is 0 Å². The molecular formula is C26H30Cl4N5O6S2+. The Bertz CT molecular complexity index is 1830. The van der Waals surface area contributed by atoms with E-state index in [1.165, 1.54) is 0 Å². The van der Waals surface area contributed by atoms with Crippen LogP contribution in [0.2, 0.25) is 20.1 Å². The van der Waals surface area contributed by atoms with Crippen LogP contribution in [0.4, 0.5) is 11.4 Å². The first-order valence-electron chi connectivity index (χ1n) is 13.1. The highest BCUT2D eigenvalue weighted by Crippen LogP contribution is 2.44. The Labute approximate surface area is 270 Å². The van der Waals surface area contributed by atoms with Crippen molar-refractivity contribution in [2.45, 2.75) is 33.4 Å². The third-order valence-corrected chi connectivity index (χ3v) is 9.71. The van der Waals surface area contributed by atoms with Crippen LogP contribution in [-0.2, 0) is 33.3 Å². The number of hydrazine groups is 1. The van der Waals surface area contributed by atoms with Crippen LogP contribution in [0, 0.1) is 0 Å². The average Bonchev–Trinajstić information content (AvgIpc) is 3.34. The van der Waals surface area contributed by atoms with Gasteiger partial charge in [-0.2, -0.15) is 16.8 Å². The molecule has 0 atom stereocenters. The minimum absolute atomic E-state index is 0.0868. The number of rotatable bonds is 12. The molecule has 0 saturated carbocycles. The molecule has 0 amide bonds. The predicted molar refractivity (Wildman–Crippen MR) is 172 cm³/mol. The number of aryl methyl sites for hydroxylation is 2. The molecule has 0 saturated heterocycles. The van der Waals surface area contributed by atoms with Crippen LogP contribution in [0.15, 0.2) is 42.2 Å². The van der Waals surface area contributed by atoms with Gasteiger partial charge < -0.3 is 4.90 Å². The molecule has 0 spiro atoms. The topological polar surface area (TPSA) is 136 Å². The van der Waals surface area contributed by atoms with Crippen LogP contribution in [0.1, 0.15) is 26.1 Å².